The van der Waals surface area contributed by atoms with Gasteiger partial charge in [-0.2, -0.15) is 5.10 Å². The van der Waals surface area contributed by atoms with Crippen molar-refractivity contribution in [3.8, 4) is 0 Å². The first-order chi connectivity index (χ1) is 7.22. The zero-order valence-corrected chi connectivity index (χ0v) is 9.26. The molecule has 1 aliphatic heterocycles. The Labute approximate surface area is 89.9 Å². The van der Waals surface area contributed by atoms with Crippen LogP contribution in [0.5, 0.6) is 0 Å². The van der Waals surface area contributed by atoms with Gasteiger partial charge in [0.25, 0.3) is 0 Å². The van der Waals surface area contributed by atoms with E-state index in [0.29, 0.717) is 6.04 Å². The Morgan fingerprint density at radius 3 is 2.87 bits per heavy atom. The van der Waals surface area contributed by atoms with Crippen LogP contribution in [0.1, 0.15) is 26.3 Å². The van der Waals surface area contributed by atoms with Crippen molar-refractivity contribution in [1.29, 1.82) is 0 Å². The Morgan fingerprint density at radius 2 is 2.33 bits per heavy atom. The molecule has 1 fully saturated rings. The molecule has 0 spiro atoms. The number of aromatic nitrogens is 2. The first kappa shape index (κ1) is 10.2. The second kappa shape index (κ2) is 4.04. The van der Waals surface area contributed by atoms with E-state index in [9.17, 15) is 4.79 Å². The second-order valence-electron chi connectivity index (χ2n) is 4.19. The summed E-state index contributed by atoms with van der Waals surface area (Å²) in [4.78, 5) is 13.7. The molecule has 1 atom stereocenters. The Balaban J connectivity index is 1.86. The average molecular weight is 207 g/mol. The highest BCUT2D eigenvalue weighted by molar-refractivity contribution is 5.79. The molecule has 4 nitrogen and oxygen atoms in total. The van der Waals surface area contributed by atoms with E-state index in [-0.39, 0.29) is 11.8 Å². The standard InChI is InChI=1S/C11H17N3O/c1-3-9(2)11(15)13-7-10(8-13)14-6-4-5-12-14/h4-6,9-10H,3,7-8H2,1-2H3. The summed E-state index contributed by atoms with van der Waals surface area (Å²) in [5.74, 6) is 0.435. The van der Waals surface area contributed by atoms with Gasteiger partial charge in [0, 0.05) is 31.4 Å². The molecule has 1 aromatic heterocycles. The molecule has 15 heavy (non-hydrogen) atoms. The minimum Gasteiger partial charge on any atom is -0.338 e. The predicted molar refractivity (Wildman–Crippen MR) is 57.3 cm³/mol. The van der Waals surface area contributed by atoms with Crippen LogP contribution in [0.3, 0.4) is 0 Å². The molecule has 1 aliphatic rings. The Hall–Kier alpha value is -1.32. The summed E-state index contributed by atoms with van der Waals surface area (Å²) in [5, 5.41) is 4.18. The van der Waals surface area contributed by atoms with Crippen LogP contribution in [0.25, 0.3) is 0 Å². The van der Waals surface area contributed by atoms with Crippen LogP contribution in [-0.2, 0) is 4.79 Å². The molecule has 0 bridgehead atoms. The number of hydrogen-bond donors (Lipinski definition) is 0. The van der Waals surface area contributed by atoms with Crippen LogP contribution in [0, 0.1) is 5.92 Å². The normalized spacial score (nSPS) is 18.7. The molecule has 0 aliphatic carbocycles. The van der Waals surface area contributed by atoms with E-state index in [0.717, 1.165) is 19.5 Å². The van der Waals surface area contributed by atoms with Gasteiger partial charge in [0.15, 0.2) is 0 Å². The highest BCUT2D eigenvalue weighted by Gasteiger charge is 2.33. The fourth-order valence-electron chi connectivity index (χ4n) is 1.79. The summed E-state index contributed by atoms with van der Waals surface area (Å²) in [5.41, 5.74) is 0. The van der Waals surface area contributed by atoms with Gasteiger partial charge in [-0.05, 0) is 12.5 Å². The van der Waals surface area contributed by atoms with Gasteiger partial charge in [-0.1, -0.05) is 13.8 Å². The van der Waals surface area contributed by atoms with Gasteiger partial charge < -0.3 is 4.90 Å². The highest BCUT2D eigenvalue weighted by Crippen LogP contribution is 2.22. The lowest BCUT2D eigenvalue weighted by Gasteiger charge is -2.40. The highest BCUT2D eigenvalue weighted by atomic mass is 16.2. The van der Waals surface area contributed by atoms with Crippen LogP contribution < -0.4 is 0 Å². The van der Waals surface area contributed by atoms with Crippen LogP contribution in [-0.4, -0.2) is 33.7 Å². The third-order valence-electron chi connectivity index (χ3n) is 3.11. The molecule has 0 radical (unpaired) electrons. The Morgan fingerprint density at radius 1 is 1.60 bits per heavy atom. The SMILES string of the molecule is CCC(C)C(=O)N1CC(n2cccn2)C1. The lowest BCUT2D eigenvalue weighted by atomic mass is 10.0. The Kier molecular flexibility index (Phi) is 2.75. The smallest absolute Gasteiger partial charge is 0.225 e. The number of likely N-dealkylation sites (tertiary alicyclic amines) is 1. The average Bonchev–Trinajstić information content (AvgIpc) is 2.67. The fraction of sp³-hybridized carbons (Fsp3) is 0.636. The first-order valence-electron chi connectivity index (χ1n) is 5.50. The lowest BCUT2D eigenvalue weighted by molar-refractivity contribution is -0.141. The van der Waals surface area contributed by atoms with Crippen molar-refractivity contribution in [3.05, 3.63) is 18.5 Å². The van der Waals surface area contributed by atoms with Gasteiger partial charge in [-0.25, -0.2) is 0 Å². The molecule has 0 aromatic carbocycles. The molecule has 1 unspecified atom stereocenters. The molecule has 82 valence electrons. The molecule has 1 aromatic rings. The predicted octanol–water partition coefficient (Wildman–Crippen LogP) is 1.31. The van der Waals surface area contributed by atoms with Crippen LogP contribution in [0.4, 0.5) is 0 Å². The molecule has 2 heterocycles. The van der Waals surface area contributed by atoms with Crippen LogP contribution >= 0.6 is 0 Å². The minimum absolute atomic E-state index is 0.156. The van der Waals surface area contributed by atoms with Crippen molar-refractivity contribution in [3.63, 3.8) is 0 Å². The van der Waals surface area contributed by atoms with E-state index in [1.807, 2.05) is 35.7 Å². The van der Waals surface area contributed by atoms with Gasteiger partial charge in [-0.3, -0.25) is 9.48 Å². The van der Waals surface area contributed by atoms with Crippen LogP contribution in [0.15, 0.2) is 18.5 Å². The zero-order valence-electron chi connectivity index (χ0n) is 9.26. The van der Waals surface area contributed by atoms with E-state index < -0.39 is 0 Å². The van der Waals surface area contributed by atoms with E-state index >= 15 is 0 Å². The molecule has 0 N–H and O–H groups in total. The zero-order chi connectivity index (χ0) is 10.8. The molecular weight excluding hydrogens is 190 g/mol. The van der Waals surface area contributed by atoms with Crippen molar-refractivity contribution in [2.45, 2.75) is 26.3 Å². The summed E-state index contributed by atoms with van der Waals surface area (Å²) in [7, 11) is 0. The van der Waals surface area contributed by atoms with Crippen molar-refractivity contribution in [1.82, 2.24) is 14.7 Å². The van der Waals surface area contributed by atoms with Crippen molar-refractivity contribution < 1.29 is 4.79 Å². The van der Waals surface area contributed by atoms with E-state index in [1.165, 1.54) is 0 Å². The molecule has 2 rings (SSSR count). The fourth-order valence-corrected chi connectivity index (χ4v) is 1.79. The van der Waals surface area contributed by atoms with Crippen LogP contribution in [0.2, 0.25) is 0 Å². The largest absolute Gasteiger partial charge is 0.338 e. The summed E-state index contributed by atoms with van der Waals surface area (Å²) >= 11 is 0. The summed E-state index contributed by atoms with van der Waals surface area (Å²) < 4.78 is 1.93. The van der Waals surface area contributed by atoms with Gasteiger partial charge >= 0.3 is 0 Å². The van der Waals surface area contributed by atoms with Crippen molar-refractivity contribution in [2.24, 2.45) is 5.92 Å². The van der Waals surface area contributed by atoms with Crippen molar-refractivity contribution >= 4 is 5.91 Å². The monoisotopic (exact) mass is 207 g/mol. The molecule has 1 amide bonds. The number of nitrogens with zero attached hydrogens (tertiary/aromatic N) is 3. The number of carbonyl (C=O) groups is 1. The molecular formula is C11H17N3O. The molecule has 4 heteroatoms. The summed E-state index contributed by atoms with van der Waals surface area (Å²) in [6.45, 7) is 5.66. The maximum absolute atomic E-state index is 11.8. The number of amides is 1. The topological polar surface area (TPSA) is 38.1 Å². The maximum Gasteiger partial charge on any atom is 0.225 e. The minimum atomic E-state index is 0.156. The van der Waals surface area contributed by atoms with Gasteiger partial charge in [0.2, 0.25) is 5.91 Å². The van der Waals surface area contributed by atoms with E-state index in [4.69, 9.17) is 0 Å². The van der Waals surface area contributed by atoms with Gasteiger partial charge in [0.1, 0.15) is 0 Å². The molecule has 0 saturated carbocycles. The quantitative estimate of drug-likeness (QED) is 0.749. The van der Waals surface area contributed by atoms with Gasteiger partial charge in [-0.15, -0.1) is 0 Å². The van der Waals surface area contributed by atoms with Gasteiger partial charge in [0.05, 0.1) is 6.04 Å². The number of rotatable bonds is 3. The summed E-state index contributed by atoms with van der Waals surface area (Å²) in [6.07, 6.45) is 4.65. The lowest BCUT2D eigenvalue weighted by Crippen LogP contribution is -2.52. The van der Waals surface area contributed by atoms with Crippen molar-refractivity contribution in [2.75, 3.05) is 13.1 Å². The number of carbonyl (C=O) groups excluding carboxylic acids is 1. The first-order valence-corrected chi connectivity index (χ1v) is 5.50. The molecule has 1 saturated heterocycles. The van der Waals surface area contributed by atoms with E-state index in [2.05, 4.69) is 5.10 Å². The number of hydrogen-bond acceptors (Lipinski definition) is 2. The van der Waals surface area contributed by atoms with E-state index in [1.54, 1.807) is 6.20 Å². The third-order valence-corrected chi connectivity index (χ3v) is 3.11. The third kappa shape index (κ3) is 1.89. The maximum atomic E-state index is 11.8. The Bertz CT molecular complexity index is 328. The second-order valence-corrected chi connectivity index (χ2v) is 4.19. The summed E-state index contributed by atoms with van der Waals surface area (Å²) in [6, 6.07) is 2.30.